The molecule has 1 aromatic carbocycles. The first-order valence-corrected chi connectivity index (χ1v) is 19.7. The molecule has 0 fully saturated rings. The molecule has 8 atom stereocenters. The molecule has 0 aliphatic rings. The van der Waals surface area contributed by atoms with Crippen LogP contribution in [0.2, 0.25) is 0 Å². The number of aliphatic hydroxyl groups is 1. The molecule has 58 heavy (non-hydrogen) atoms. The Bertz CT molecular complexity index is 1530. The highest BCUT2D eigenvalue weighted by molar-refractivity contribution is 5.97. The number of rotatable bonds is 27. The van der Waals surface area contributed by atoms with Crippen LogP contribution in [0.15, 0.2) is 24.3 Å². The smallest absolute Gasteiger partial charge is 0.243 e. The summed E-state index contributed by atoms with van der Waals surface area (Å²) >= 11 is 0. The summed E-state index contributed by atoms with van der Waals surface area (Å²) in [6.45, 7) is 9.81. The van der Waals surface area contributed by atoms with Gasteiger partial charge in [0.1, 0.15) is 48.3 Å². The number of aldehydes is 1. The first-order valence-electron chi connectivity index (χ1n) is 19.7. The van der Waals surface area contributed by atoms with Crippen molar-refractivity contribution in [3.8, 4) is 5.75 Å². The van der Waals surface area contributed by atoms with Crippen LogP contribution in [0.25, 0.3) is 0 Å². The van der Waals surface area contributed by atoms with E-state index in [0.717, 1.165) is 0 Å². The van der Waals surface area contributed by atoms with E-state index in [2.05, 4.69) is 31.9 Å². The van der Waals surface area contributed by atoms with Gasteiger partial charge >= 0.3 is 0 Å². The molecular formula is C39H65N9O10. The molecule has 0 aliphatic carbocycles. The van der Waals surface area contributed by atoms with Crippen LogP contribution in [-0.2, 0) is 44.8 Å². The van der Waals surface area contributed by atoms with Crippen molar-refractivity contribution < 1.29 is 48.6 Å². The Morgan fingerprint density at radius 2 is 1.19 bits per heavy atom. The average Bonchev–Trinajstić information content (AvgIpc) is 3.18. The van der Waals surface area contributed by atoms with Gasteiger partial charge in [0.15, 0.2) is 0 Å². The number of unbranched alkanes of at least 4 members (excludes halogenated alkanes) is 1. The van der Waals surface area contributed by atoms with Crippen molar-refractivity contribution in [2.45, 2.75) is 129 Å². The van der Waals surface area contributed by atoms with Gasteiger partial charge in [-0.3, -0.25) is 33.6 Å². The van der Waals surface area contributed by atoms with Crippen LogP contribution in [0.3, 0.4) is 0 Å². The minimum atomic E-state index is -1.39. The molecule has 0 aromatic heterocycles. The lowest BCUT2D eigenvalue weighted by molar-refractivity contribution is -0.137. The van der Waals surface area contributed by atoms with E-state index in [1.807, 2.05) is 0 Å². The molecular weight excluding hydrogens is 754 g/mol. The summed E-state index contributed by atoms with van der Waals surface area (Å²) in [5, 5.41) is 34.7. The fourth-order valence-corrected chi connectivity index (χ4v) is 5.73. The molecule has 14 N–H and O–H groups in total. The van der Waals surface area contributed by atoms with Crippen molar-refractivity contribution in [1.29, 1.82) is 0 Å². The van der Waals surface area contributed by atoms with Crippen molar-refractivity contribution in [2.75, 3.05) is 13.2 Å². The number of primary amides is 1. The molecule has 1 aromatic rings. The van der Waals surface area contributed by atoms with Gasteiger partial charge in [0, 0.05) is 12.8 Å². The zero-order valence-electron chi connectivity index (χ0n) is 34.4. The van der Waals surface area contributed by atoms with Crippen molar-refractivity contribution in [3.63, 3.8) is 0 Å². The van der Waals surface area contributed by atoms with Crippen LogP contribution >= 0.6 is 0 Å². The molecule has 0 heterocycles. The van der Waals surface area contributed by atoms with Crippen molar-refractivity contribution in [2.24, 2.45) is 35.0 Å². The van der Waals surface area contributed by atoms with E-state index in [1.165, 1.54) is 12.1 Å². The third kappa shape index (κ3) is 17.6. The van der Waals surface area contributed by atoms with E-state index < -0.39 is 108 Å². The number of aromatic hydroxyl groups is 1. The highest BCUT2D eigenvalue weighted by atomic mass is 16.3. The fraction of sp³-hybridized carbons (Fsp3) is 0.641. The van der Waals surface area contributed by atoms with E-state index in [9.17, 15) is 48.6 Å². The van der Waals surface area contributed by atoms with E-state index in [0.29, 0.717) is 44.1 Å². The molecule has 326 valence electrons. The number of benzene rings is 1. The van der Waals surface area contributed by atoms with Gasteiger partial charge in [-0.05, 0) is 67.7 Å². The molecule has 0 aliphatic heterocycles. The van der Waals surface area contributed by atoms with Crippen LogP contribution in [0.1, 0.15) is 85.6 Å². The lowest BCUT2D eigenvalue weighted by Crippen LogP contribution is -2.62. The second-order valence-corrected chi connectivity index (χ2v) is 15.2. The number of carbonyl (C=O) groups is 8. The maximum atomic E-state index is 14.0. The number of hydrogen-bond donors (Lipinski definition) is 11. The first-order chi connectivity index (χ1) is 27.3. The van der Waals surface area contributed by atoms with E-state index in [1.54, 1.807) is 53.7 Å². The van der Waals surface area contributed by atoms with Gasteiger partial charge < -0.3 is 64.1 Å². The fourth-order valence-electron chi connectivity index (χ4n) is 5.73. The Kier molecular flexibility index (Phi) is 22.8. The third-order valence-electron chi connectivity index (χ3n) is 9.60. The third-order valence-corrected chi connectivity index (χ3v) is 9.60. The van der Waals surface area contributed by atoms with Gasteiger partial charge in [0.2, 0.25) is 41.4 Å². The Morgan fingerprint density at radius 1 is 0.690 bits per heavy atom. The second-order valence-electron chi connectivity index (χ2n) is 15.2. The first kappa shape index (κ1) is 50.9. The quantitative estimate of drug-likeness (QED) is 0.0343. The largest absolute Gasteiger partial charge is 0.508 e. The highest BCUT2D eigenvalue weighted by Gasteiger charge is 2.36. The average molecular weight is 820 g/mol. The standard InChI is InChI=1S/C39H65N9O10/c1-7-23(6)33(48-35(54)28(15-16-30(42)52)44-37(56)31(21(2)3)46-34(53)27(41)20-50)39(58)47-32(22(4)5)38(57)45-29(18-24-11-13-26(51)14-12-24)36(55)43-25(19-49)10-8-9-17-40/h11-14,19,21-23,25,27-29,31-33,50-51H,7-10,15-18,20,40-41H2,1-6H3,(H2,42,52)(H,43,55)(H,44,56)(H,45,57)(H,46,53)(H,47,58)(H,48,54)/t23-,25-,27-,28-,29-,31-,32-,33-/m0/s1. The van der Waals surface area contributed by atoms with E-state index in [4.69, 9.17) is 17.2 Å². The summed E-state index contributed by atoms with van der Waals surface area (Å²) in [4.78, 5) is 105. The summed E-state index contributed by atoms with van der Waals surface area (Å²) in [5.41, 5.74) is 17.1. The molecule has 0 radical (unpaired) electrons. The van der Waals surface area contributed by atoms with Crippen LogP contribution in [0.5, 0.6) is 5.75 Å². The van der Waals surface area contributed by atoms with Crippen LogP contribution in [0.4, 0.5) is 0 Å². The Balaban J connectivity index is 3.36. The molecule has 0 bridgehead atoms. The van der Waals surface area contributed by atoms with Crippen LogP contribution < -0.4 is 49.1 Å². The number of aliphatic hydroxyl groups excluding tert-OH is 1. The molecule has 0 saturated heterocycles. The summed E-state index contributed by atoms with van der Waals surface area (Å²) in [5.74, 6) is -6.86. The monoisotopic (exact) mass is 819 g/mol. The van der Waals surface area contributed by atoms with Crippen LogP contribution in [-0.4, -0.2) is 113 Å². The zero-order chi connectivity index (χ0) is 44.1. The molecule has 19 nitrogen and oxygen atoms in total. The lowest BCUT2D eigenvalue weighted by atomic mass is 9.95. The lowest BCUT2D eigenvalue weighted by Gasteiger charge is -2.31. The van der Waals surface area contributed by atoms with E-state index >= 15 is 0 Å². The summed E-state index contributed by atoms with van der Waals surface area (Å²) in [7, 11) is 0. The van der Waals surface area contributed by atoms with Crippen molar-refractivity contribution in [1.82, 2.24) is 31.9 Å². The summed E-state index contributed by atoms with van der Waals surface area (Å²) < 4.78 is 0. The molecule has 0 unspecified atom stereocenters. The molecule has 1 rings (SSSR count). The van der Waals surface area contributed by atoms with Gasteiger partial charge in [-0.2, -0.15) is 0 Å². The number of nitrogens with one attached hydrogen (secondary N) is 6. The molecule has 0 saturated carbocycles. The molecule has 7 amide bonds. The number of hydrogen-bond acceptors (Lipinski definition) is 12. The van der Waals surface area contributed by atoms with Crippen molar-refractivity contribution >= 4 is 47.6 Å². The van der Waals surface area contributed by atoms with Gasteiger partial charge in [0.05, 0.1) is 12.6 Å². The number of nitrogens with two attached hydrogens (primary N) is 3. The Morgan fingerprint density at radius 3 is 1.67 bits per heavy atom. The maximum Gasteiger partial charge on any atom is 0.243 e. The Labute approximate surface area is 340 Å². The van der Waals surface area contributed by atoms with E-state index in [-0.39, 0.29) is 25.0 Å². The number of phenols is 1. The molecule has 19 heteroatoms. The number of carbonyl (C=O) groups excluding carboxylic acids is 8. The predicted octanol–water partition coefficient (Wildman–Crippen LogP) is -1.89. The van der Waals surface area contributed by atoms with Gasteiger partial charge in [-0.15, -0.1) is 0 Å². The minimum absolute atomic E-state index is 0.00508. The SMILES string of the molecule is CC[C@H](C)[C@H](NC(=O)[C@H](CCC(N)=O)NC(=O)[C@@H](NC(=O)[C@@H](N)CO)C(C)C)C(=O)N[C@H](C(=O)N[C@@H](Cc1ccc(O)cc1)C(=O)N[C@H](C=O)CCCCN)C(C)C. The number of amides is 7. The zero-order valence-corrected chi connectivity index (χ0v) is 34.4. The normalized spacial score (nSPS) is 15.4. The van der Waals surface area contributed by atoms with Gasteiger partial charge in [0.25, 0.3) is 0 Å². The summed E-state index contributed by atoms with van der Waals surface area (Å²) in [6.07, 6.45) is 1.96. The van der Waals surface area contributed by atoms with Gasteiger partial charge in [-0.1, -0.05) is 60.1 Å². The highest BCUT2D eigenvalue weighted by Crippen LogP contribution is 2.15. The molecule has 0 spiro atoms. The Hall–Kier alpha value is -5.14. The summed E-state index contributed by atoms with van der Waals surface area (Å²) in [6, 6.07) is -2.39. The van der Waals surface area contributed by atoms with Crippen LogP contribution in [0, 0.1) is 17.8 Å². The predicted molar refractivity (Wildman–Crippen MR) is 215 cm³/mol. The minimum Gasteiger partial charge on any atom is -0.508 e. The van der Waals surface area contributed by atoms with Crippen molar-refractivity contribution in [3.05, 3.63) is 29.8 Å². The number of phenolic OH excluding ortho intramolecular Hbond substituents is 1. The topological polar surface area (TPSA) is 327 Å². The second kappa shape index (κ2) is 26.0. The maximum absolute atomic E-state index is 14.0. The van der Waals surface area contributed by atoms with Gasteiger partial charge in [-0.25, -0.2) is 0 Å².